The number of ether oxygens (including phenoxy) is 1. The van der Waals surface area contributed by atoms with E-state index in [9.17, 15) is 9.18 Å². The minimum Gasteiger partial charge on any atom is -0.496 e. The van der Waals surface area contributed by atoms with Crippen molar-refractivity contribution in [2.24, 2.45) is 4.99 Å². The second-order valence-corrected chi connectivity index (χ2v) is 6.29. The fourth-order valence-corrected chi connectivity index (χ4v) is 3.10. The fourth-order valence-electron chi connectivity index (χ4n) is 2.09. The highest BCUT2D eigenvalue weighted by molar-refractivity contribution is 8.18. The van der Waals surface area contributed by atoms with Crippen LogP contribution >= 0.6 is 23.4 Å². The Morgan fingerprint density at radius 2 is 2.08 bits per heavy atom. The summed E-state index contributed by atoms with van der Waals surface area (Å²) in [5.41, 5.74) is 0.844. The lowest BCUT2D eigenvalue weighted by Crippen LogP contribution is -2.19. The topological polar surface area (TPSA) is 50.7 Å². The Morgan fingerprint density at radius 3 is 2.83 bits per heavy atom. The van der Waals surface area contributed by atoms with E-state index in [4.69, 9.17) is 16.3 Å². The van der Waals surface area contributed by atoms with E-state index >= 15 is 0 Å². The summed E-state index contributed by atoms with van der Waals surface area (Å²) in [4.78, 5) is 16.7. The minimum absolute atomic E-state index is 0.168. The zero-order chi connectivity index (χ0) is 17.1. The van der Waals surface area contributed by atoms with Crippen molar-refractivity contribution in [3.8, 4) is 5.75 Å². The van der Waals surface area contributed by atoms with Gasteiger partial charge in [0.25, 0.3) is 5.91 Å². The SMILES string of the molecule is COc1ccc(Cl)cc1C=C1SC(=Nc2ccccc2F)NC1=O. The molecule has 2 aromatic rings. The second-order valence-electron chi connectivity index (χ2n) is 4.82. The number of nitrogens with zero attached hydrogens (tertiary/aromatic N) is 1. The van der Waals surface area contributed by atoms with Gasteiger partial charge in [0.15, 0.2) is 5.17 Å². The third-order valence-electron chi connectivity index (χ3n) is 3.20. The summed E-state index contributed by atoms with van der Waals surface area (Å²) >= 11 is 7.12. The number of hydrogen-bond acceptors (Lipinski definition) is 4. The number of carbonyl (C=O) groups excluding carboxylic acids is 1. The molecule has 0 aliphatic carbocycles. The van der Waals surface area contributed by atoms with Crippen molar-refractivity contribution in [2.45, 2.75) is 0 Å². The quantitative estimate of drug-likeness (QED) is 0.824. The van der Waals surface area contributed by atoms with Crippen LogP contribution in [0.1, 0.15) is 5.56 Å². The van der Waals surface area contributed by atoms with Gasteiger partial charge in [0.1, 0.15) is 17.3 Å². The Balaban J connectivity index is 1.91. The Labute approximate surface area is 147 Å². The van der Waals surface area contributed by atoms with Crippen molar-refractivity contribution in [1.82, 2.24) is 5.32 Å². The van der Waals surface area contributed by atoms with E-state index in [2.05, 4.69) is 10.3 Å². The first-order chi connectivity index (χ1) is 11.6. The lowest BCUT2D eigenvalue weighted by atomic mass is 10.2. The average Bonchev–Trinajstić information content (AvgIpc) is 2.89. The van der Waals surface area contributed by atoms with Crippen LogP contribution in [0.25, 0.3) is 6.08 Å². The third-order valence-corrected chi connectivity index (χ3v) is 4.35. The molecular weight excluding hydrogens is 351 g/mol. The van der Waals surface area contributed by atoms with Crippen molar-refractivity contribution >= 4 is 46.2 Å². The molecule has 4 nitrogen and oxygen atoms in total. The highest BCUT2D eigenvalue weighted by Crippen LogP contribution is 2.32. The van der Waals surface area contributed by atoms with E-state index in [0.29, 0.717) is 26.4 Å². The molecule has 3 rings (SSSR count). The molecule has 2 aromatic carbocycles. The maximum atomic E-state index is 13.7. The van der Waals surface area contributed by atoms with Gasteiger partial charge < -0.3 is 10.1 Å². The number of hydrogen-bond donors (Lipinski definition) is 1. The number of thioether (sulfide) groups is 1. The van der Waals surface area contributed by atoms with Crippen LogP contribution in [0.3, 0.4) is 0 Å². The molecule has 0 spiro atoms. The number of rotatable bonds is 3. The van der Waals surface area contributed by atoms with Gasteiger partial charge in [-0.25, -0.2) is 9.38 Å². The first-order valence-electron chi connectivity index (χ1n) is 6.94. The summed E-state index contributed by atoms with van der Waals surface area (Å²) < 4.78 is 18.9. The maximum absolute atomic E-state index is 13.7. The molecule has 24 heavy (non-hydrogen) atoms. The summed E-state index contributed by atoms with van der Waals surface area (Å²) in [5.74, 6) is -0.161. The third kappa shape index (κ3) is 3.60. The molecule has 0 radical (unpaired) electrons. The van der Waals surface area contributed by atoms with E-state index < -0.39 is 5.82 Å². The first-order valence-corrected chi connectivity index (χ1v) is 8.14. The van der Waals surface area contributed by atoms with Gasteiger partial charge in [-0.15, -0.1) is 0 Å². The molecule has 0 bridgehead atoms. The van der Waals surface area contributed by atoms with Gasteiger partial charge in [0.05, 0.1) is 12.0 Å². The van der Waals surface area contributed by atoms with E-state index in [0.717, 1.165) is 11.8 Å². The van der Waals surface area contributed by atoms with Gasteiger partial charge in [-0.3, -0.25) is 4.79 Å². The number of amidine groups is 1. The van der Waals surface area contributed by atoms with Crippen LogP contribution in [-0.2, 0) is 4.79 Å². The number of halogens is 2. The molecule has 0 aromatic heterocycles. The molecule has 1 aliphatic rings. The molecule has 1 fully saturated rings. The van der Waals surface area contributed by atoms with Crippen LogP contribution in [0, 0.1) is 5.82 Å². The molecular formula is C17H12ClFN2O2S. The highest BCUT2D eigenvalue weighted by atomic mass is 35.5. The van der Waals surface area contributed by atoms with Crippen LogP contribution in [0.4, 0.5) is 10.1 Å². The predicted molar refractivity (Wildman–Crippen MR) is 95.2 cm³/mol. The number of amides is 1. The van der Waals surface area contributed by atoms with Crippen molar-refractivity contribution in [3.05, 3.63) is 63.8 Å². The van der Waals surface area contributed by atoms with Crippen molar-refractivity contribution in [1.29, 1.82) is 0 Å². The van der Waals surface area contributed by atoms with Gasteiger partial charge in [-0.2, -0.15) is 0 Å². The van der Waals surface area contributed by atoms with Crippen LogP contribution in [-0.4, -0.2) is 18.2 Å². The molecule has 1 heterocycles. The van der Waals surface area contributed by atoms with Gasteiger partial charge in [0, 0.05) is 10.6 Å². The Morgan fingerprint density at radius 1 is 1.29 bits per heavy atom. The molecule has 1 N–H and O–H groups in total. The summed E-state index contributed by atoms with van der Waals surface area (Å²) in [6.07, 6.45) is 1.66. The molecule has 1 aliphatic heterocycles. The lowest BCUT2D eigenvalue weighted by Gasteiger charge is -2.05. The van der Waals surface area contributed by atoms with Gasteiger partial charge in [-0.1, -0.05) is 23.7 Å². The molecule has 0 unspecified atom stereocenters. The Kier molecular flexibility index (Phi) is 4.87. The van der Waals surface area contributed by atoms with E-state index in [1.165, 1.54) is 19.2 Å². The van der Waals surface area contributed by atoms with Crippen LogP contribution < -0.4 is 10.1 Å². The van der Waals surface area contributed by atoms with Gasteiger partial charge >= 0.3 is 0 Å². The Bertz CT molecular complexity index is 867. The van der Waals surface area contributed by atoms with Crippen molar-refractivity contribution < 1.29 is 13.9 Å². The van der Waals surface area contributed by atoms with Gasteiger partial charge in [0.2, 0.25) is 0 Å². The van der Waals surface area contributed by atoms with E-state index in [-0.39, 0.29) is 11.6 Å². The van der Waals surface area contributed by atoms with Crippen LogP contribution in [0.5, 0.6) is 5.75 Å². The predicted octanol–water partition coefficient (Wildman–Crippen LogP) is 4.38. The monoisotopic (exact) mass is 362 g/mol. The standard InChI is InChI=1S/C17H12ClFN2O2S/c1-23-14-7-6-11(18)8-10(14)9-15-16(22)21-17(24-15)20-13-5-3-2-4-12(13)19/h2-9H,1H3,(H,20,21,22). The van der Waals surface area contributed by atoms with Crippen LogP contribution in [0.2, 0.25) is 5.02 Å². The molecule has 0 saturated carbocycles. The fraction of sp³-hybridized carbons (Fsp3) is 0.0588. The number of nitrogens with one attached hydrogen (secondary N) is 1. The number of aliphatic imine (C=N–C) groups is 1. The number of para-hydroxylation sites is 1. The first kappa shape index (κ1) is 16.5. The number of carbonyl (C=O) groups is 1. The number of benzene rings is 2. The molecule has 0 atom stereocenters. The zero-order valence-corrected chi connectivity index (χ0v) is 14.1. The molecule has 1 saturated heterocycles. The summed E-state index contributed by atoms with van der Waals surface area (Å²) in [6.45, 7) is 0. The molecule has 1 amide bonds. The summed E-state index contributed by atoms with van der Waals surface area (Å²) in [5, 5.41) is 3.47. The van der Waals surface area contributed by atoms with Crippen LogP contribution in [0.15, 0.2) is 52.4 Å². The second kappa shape index (κ2) is 7.07. The molecule has 122 valence electrons. The normalized spacial score (nSPS) is 17.4. The lowest BCUT2D eigenvalue weighted by molar-refractivity contribution is -0.115. The minimum atomic E-state index is -0.450. The smallest absolute Gasteiger partial charge is 0.264 e. The number of methoxy groups -OCH3 is 1. The van der Waals surface area contributed by atoms with E-state index in [1.54, 1.807) is 36.4 Å². The maximum Gasteiger partial charge on any atom is 0.264 e. The molecule has 7 heteroatoms. The Hall–Kier alpha value is -2.31. The average molecular weight is 363 g/mol. The largest absolute Gasteiger partial charge is 0.496 e. The zero-order valence-electron chi connectivity index (χ0n) is 12.5. The van der Waals surface area contributed by atoms with Gasteiger partial charge in [-0.05, 0) is 48.2 Å². The summed E-state index contributed by atoms with van der Waals surface area (Å²) in [7, 11) is 1.54. The summed E-state index contributed by atoms with van der Waals surface area (Å²) in [6, 6.07) is 11.2. The van der Waals surface area contributed by atoms with E-state index in [1.807, 2.05) is 0 Å². The van der Waals surface area contributed by atoms with Crippen molar-refractivity contribution in [2.75, 3.05) is 7.11 Å². The highest BCUT2D eigenvalue weighted by Gasteiger charge is 2.24. The van der Waals surface area contributed by atoms with Crippen molar-refractivity contribution in [3.63, 3.8) is 0 Å².